The molecular weight excluding hydrogens is 393 g/mol. The van der Waals surface area contributed by atoms with Crippen molar-refractivity contribution in [2.75, 3.05) is 10.6 Å². The first-order valence-electron chi connectivity index (χ1n) is 8.71. The number of hydrogen-bond acceptors (Lipinski definition) is 6. The normalized spacial score (nSPS) is 10.8. The Hall–Kier alpha value is -4.11. The molecule has 0 atom stereocenters. The van der Waals surface area contributed by atoms with Gasteiger partial charge in [0, 0.05) is 17.4 Å². The Morgan fingerprint density at radius 2 is 1.43 bits per heavy atom. The molecular formula is C21H15F3N6. The minimum atomic E-state index is -4.67. The molecule has 0 saturated carbocycles. The Labute approximate surface area is 170 Å². The van der Waals surface area contributed by atoms with Crippen molar-refractivity contribution in [3.05, 3.63) is 70.4 Å². The highest BCUT2D eigenvalue weighted by molar-refractivity contribution is 5.67. The van der Waals surface area contributed by atoms with E-state index in [-0.39, 0.29) is 11.8 Å². The van der Waals surface area contributed by atoms with Crippen LogP contribution >= 0.6 is 0 Å². The quantitative estimate of drug-likeness (QED) is 0.605. The molecule has 1 aromatic heterocycles. The molecule has 0 aliphatic heterocycles. The number of nitrogens with zero attached hydrogens (tertiary/aromatic N) is 4. The molecule has 2 N–H and O–H groups in total. The summed E-state index contributed by atoms with van der Waals surface area (Å²) in [5.41, 5.74) is 2.15. The third-order valence-electron chi connectivity index (χ3n) is 4.20. The summed E-state index contributed by atoms with van der Waals surface area (Å²) in [5, 5.41) is 23.5. The van der Waals surface area contributed by atoms with Crippen molar-refractivity contribution in [3.63, 3.8) is 0 Å². The van der Waals surface area contributed by atoms with Gasteiger partial charge >= 0.3 is 6.18 Å². The molecule has 3 rings (SSSR count). The molecule has 6 nitrogen and oxygen atoms in total. The second-order valence-electron chi connectivity index (χ2n) is 6.50. The second kappa shape index (κ2) is 8.10. The number of benzene rings is 2. The number of halogens is 3. The minimum Gasteiger partial charge on any atom is -0.340 e. The van der Waals surface area contributed by atoms with Crippen LogP contribution in [0.3, 0.4) is 0 Å². The van der Waals surface area contributed by atoms with Crippen LogP contribution in [0.1, 0.15) is 27.9 Å². The van der Waals surface area contributed by atoms with Crippen molar-refractivity contribution in [2.45, 2.75) is 20.0 Å². The molecule has 0 radical (unpaired) electrons. The summed E-state index contributed by atoms with van der Waals surface area (Å²) in [6, 6.07) is 14.2. The van der Waals surface area contributed by atoms with E-state index < -0.39 is 11.9 Å². The van der Waals surface area contributed by atoms with Gasteiger partial charge in [0.1, 0.15) is 5.82 Å². The van der Waals surface area contributed by atoms with E-state index in [9.17, 15) is 13.2 Å². The van der Waals surface area contributed by atoms with Gasteiger partial charge in [-0.3, -0.25) is 0 Å². The fourth-order valence-corrected chi connectivity index (χ4v) is 2.82. The molecule has 0 saturated heterocycles. The first kappa shape index (κ1) is 20.6. The van der Waals surface area contributed by atoms with Crippen LogP contribution in [-0.2, 0) is 6.18 Å². The lowest BCUT2D eigenvalue weighted by molar-refractivity contribution is -0.141. The summed E-state index contributed by atoms with van der Waals surface area (Å²) in [7, 11) is 0. The molecule has 0 bridgehead atoms. The Bertz CT molecular complexity index is 1150. The largest absolute Gasteiger partial charge is 0.433 e. The van der Waals surface area contributed by atoms with Gasteiger partial charge in [0.15, 0.2) is 5.69 Å². The van der Waals surface area contributed by atoms with Gasteiger partial charge in [0.2, 0.25) is 5.95 Å². The second-order valence-corrected chi connectivity index (χ2v) is 6.50. The number of rotatable bonds is 4. The van der Waals surface area contributed by atoms with Crippen molar-refractivity contribution in [1.29, 1.82) is 10.5 Å². The highest BCUT2D eigenvalue weighted by Gasteiger charge is 2.34. The molecule has 9 heteroatoms. The molecule has 0 amide bonds. The van der Waals surface area contributed by atoms with Gasteiger partial charge in [0.25, 0.3) is 0 Å². The topological polar surface area (TPSA) is 97.4 Å². The van der Waals surface area contributed by atoms with E-state index in [0.717, 1.165) is 6.07 Å². The number of alkyl halides is 3. The maximum absolute atomic E-state index is 13.4. The lowest BCUT2D eigenvalue weighted by Crippen LogP contribution is -2.12. The first-order chi connectivity index (χ1) is 14.2. The molecule has 0 aliphatic rings. The molecule has 150 valence electrons. The molecule has 0 fully saturated rings. The van der Waals surface area contributed by atoms with E-state index >= 15 is 0 Å². The molecule has 0 aliphatic carbocycles. The molecule has 3 aromatic rings. The number of nitriles is 2. The fraction of sp³-hybridized carbons (Fsp3) is 0.143. The maximum atomic E-state index is 13.4. The van der Waals surface area contributed by atoms with Crippen LogP contribution in [-0.4, -0.2) is 9.97 Å². The van der Waals surface area contributed by atoms with E-state index in [2.05, 4.69) is 20.6 Å². The summed E-state index contributed by atoms with van der Waals surface area (Å²) in [6.45, 7) is 3.50. The summed E-state index contributed by atoms with van der Waals surface area (Å²) in [4.78, 5) is 7.70. The van der Waals surface area contributed by atoms with Crippen LogP contribution < -0.4 is 10.6 Å². The Kier molecular flexibility index (Phi) is 5.56. The third-order valence-corrected chi connectivity index (χ3v) is 4.20. The van der Waals surface area contributed by atoms with Crippen molar-refractivity contribution >= 4 is 23.1 Å². The Morgan fingerprint density at radius 1 is 0.833 bits per heavy atom. The van der Waals surface area contributed by atoms with Crippen LogP contribution in [0.15, 0.2) is 42.5 Å². The third kappa shape index (κ3) is 4.65. The van der Waals surface area contributed by atoms with Gasteiger partial charge in [-0.25, -0.2) is 4.98 Å². The fourth-order valence-electron chi connectivity index (χ4n) is 2.82. The van der Waals surface area contributed by atoms with E-state index in [1.54, 1.807) is 38.1 Å². The highest BCUT2D eigenvalue weighted by Crippen LogP contribution is 2.32. The zero-order valence-corrected chi connectivity index (χ0v) is 16.0. The standard InChI is InChI=1S/C21H15F3N6/c1-12-7-15(11-26)8-13(2)19(12)29-18-9-17(21(22,23)24)28-20(30-18)27-16-5-3-14(10-25)4-6-16/h3-9H,1-2H3,(H2,27,28,29,30). The minimum absolute atomic E-state index is 0.0515. The molecule has 30 heavy (non-hydrogen) atoms. The number of hydrogen-bond donors (Lipinski definition) is 2. The van der Waals surface area contributed by atoms with Crippen LogP contribution in [0.4, 0.5) is 36.3 Å². The maximum Gasteiger partial charge on any atom is 0.433 e. The lowest BCUT2D eigenvalue weighted by atomic mass is 10.0. The highest BCUT2D eigenvalue weighted by atomic mass is 19.4. The van der Waals surface area contributed by atoms with Crippen molar-refractivity contribution in [1.82, 2.24) is 9.97 Å². The van der Waals surface area contributed by atoms with Gasteiger partial charge in [-0.2, -0.15) is 28.7 Å². The lowest BCUT2D eigenvalue weighted by Gasteiger charge is -2.15. The van der Waals surface area contributed by atoms with E-state index in [1.807, 2.05) is 12.1 Å². The molecule has 0 unspecified atom stereocenters. The van der Waals surface area contributed by atoms with Crippen molar-refractivity contribution in [3.8, 4) is 12.1 Å². The van der Waals surface area contributed by atoms with Gasteiger partial charge in [-0.05, 0) is 61.4 Å². The number of nitrogens with one attached hydrogen (secondary N) is 2. The van der Waals surface area contributed by atoms with Crippen LogP contribution in [0.5, 0.6) is 0 Å². The Morgan fingerprint density at radius 3 is 1.97 bits per heavy atom. The summed E-state index contributed by atoms with van der Waals surface area (Å²) >= 11 is 0. The SMILES string of the molecule is Cc1cc(C#N)cc(C)c1Nc1cc(C(F)(F)F)nc(Nc2ccc(C#N)cc2)n1. The van der Waals surface area contributed by atoms with E-state index in [1.165, 1.54) is 12.1 Å². The summed E-state index contributed by atoms with van der Waals surface area (Å²) in [6.07, 6.45) is -4.67. The molecule has 0 spiro atoms. The summed E-state index contributed by atoms with van der Waals surface area (Å²) in [5.74, 6) is -0.301. The van der Waals surface area contributed by atoms with Crippen LogP contribution in [0, 0.1) is 36.5 Å². The van der Waals surface area contributed by atoms with E-state index in [4.69, 9.17) is 10.5 Å². The van der Waals surface area contributed by atoms with Gasteiger partial charge < -0.3 is 10.6 Å². The number of aryl methyl sites for hydroxylation is 2. The average molecular weight is 408 g/mol. The zero-order valence-electron chi connectivity index (χ0n) is 16.0. The molecule has 2 aromatic carbocycles. The number of aromatic nitrogens is 2. The van der Waals surface area contributed by atoms with Gasteiger partial charge in [-0.15, -0.1) is 0 Å². The van der Waals surface area contributed by atoms with Crippen molar-refractivity contribution in [2.24, 2.45) is 0 Å². The average Bonchev–Trinajstić information content (AvgIpc) is 2.70. The smallest absolute Gasteiger partial charge is 0.340 e. The molecule has 1 heterocycles. The first-order valence-corrected chi connectivity index (χ1v) is 8.71. The summed E-state index contributed by atoms with van der Waals surface area (Å²) < 4.78 is 40.1. The monoisotopic (exact) mass is 408 g/mol. The van der Waals surface area contributed by atoms with Crippen molar-refractivity contribution < 1.29 is 13.2 Å². The predicted molar refractivity (Wildman–Crippen MR) is 105 cm³/mol. The van der Waals surface area contributed by atoms with E-state index in [0.29, 0.717) is 33.6 Å². The van der Waals surface area contributed by atoms with Gasteiger partial charge in [-0.1, -0.05) is 0 Å². The predicted octanol–water partition coefficient (Wildman–Crippen LogP) is 5.34. The van der Waals surface area contributed by atoms with Gasteiger partial charge in [0.05, 0.1) is 23.3 Å². The van der Waals surface area contributed by atoms with Crippen LogP contribution in [0.25, 0.3) is 0 Å². The zero-order chi connectivity index (χ0) is 21.9. The van der Waals surface area contributed by atoms with Crippen LogP contribution in [0.2, 0.25) is 0 Å². The number of anilines is 4. The Balaban J connectivity index is 1.99.